The van der Waals surface area contributed by atoms with Crippen molar-refractivity contribution in [3.63, 3.8) is 0 Å². The first-order valence-corrected chi connectivity index (χ1v) is 19.9. The topological polar surface area (TPSA) is 30.7 Å². The third-order valence-corrected chi connectivity index (χ3v) is 14.5. The van der Waals surface area contributed by atoms with E-state index in [1.54, 1.807) is 0 Å². The molecule has 0 N–H and O–H groups in total. The molecular weight excluding hydrogens is 607 g/mol. The van der Waals surface area contributed by atoms with Crippen LogP contribution in [0.4, 0.5) is 0 Å². The Morgan fingerprint density at radius 2 is 1.28 bits per heavy atom. The van der Waals surface area contributed by atoms with Crippen LogP contribution in [0.3, 0.4) is 0 Å². The van der Waals surface area contributed by atoms with Gasteiger partial charge in [-0.2, -0.15) is 0 Å². The summed E-state index contributed by atoms with van der Waals surface area (Å²) >= 11 is 1.88. The molecule has 4 heterocycles. The third kappa shape index (κ3) is 3.78. The van der Waals surface area contributed by atoms with Crippen LogP contribution in [0.5, 0.6) is 0 Å². The molecule has 0 atom stereocenters. The summed E-state index contributed by atoms with van der Waals surface area (Å²) in [7, 11) is -2.02. The van der Waals surface area contributed by atoms with Crippen molar-refractivity contribution in [1.82, 2.24) is 14.5 Å². The second kappa shape index (κ2) is 9.82. The molecule has 0 amide bonds. The number of hydrogen-bond acceptors (Lipinski definition) is 3. The Morgan fingerprint density at radius 3 is 2.13 bits per heavy atom. The van der Waals surface area contributed by atoms with Gasteiger partial charge in [0, 0.05) is 53.9 Å². The standard InChI is InChI=1S/C42H29N3SSi/c1-47(2)36-19-11-8-16-33(36)37-38(26-12-4-3-5-13-26)43-41(44-42(37)47)27-20-22-28(23-21-27)45-34-17-9-6-14-29(34)31-24-25-32-30-15-7-10-18-35(30)46-40(32)39(31)45/h3-25H,1-2H3. The summed E-state index contributed by atoms with van der Waals surface area (Å²) in [6, 6.07) is 50.5. The van der Waals surface area contributed by atoms with Crippen molar-refractivity contribution in [3.05, 3.63) is 140 Å². The van der Waals surface area contributed by atoms with E-state index in [2.05, 4.69) is 157 Å². The van der Waals surface area contributed by atoms with Crippen LogP contribution < -0.4 is 10.5 Å². The molecule has 0 aliphatic carbocycles. The van der Waals surface area contributed by atoms with E-state index in [9.17, 15) is 0 Å². The van der Waals surface area contributed by atoms with Crippen LogP contribution in [-0.2, 0) is 0 Å². The van der Waals surface area contributed by atoms with Gasteiger partial charge in [-0.15, -0.1) is 11.3 Å². The van der Waals surface area contributed by atoms with Crippen molar-refractivity contribution < 1.29 is 0 Å². The molecule has 1 aliphatic heterocycles. The third-order valence-electron chi connectivity index (χ3n) is 9.98. The second-order valence-electron chi connectivity index (χ2n) is 13.0. The fraction of sp³-hybridized carbons (Fsp3) is 0.0476. The van der Waals surface area contributed by atoms with Crippen LogP contribution in [0, 0.1) is 0 Å². The maximum absolute atomic E-state index is 5.38. The second-order valence-corrected chi connectivity index (χ2v) is 18.3. The summed E-state index contributed by atoms with van der Waals surface area (Å²) in [5.41, 5.74) is 9.30. The highest BCUT2D eigenvalue weighted by Crippen LogP contribution is 2.43. The van der Waals surface area contributed by atoms with Crippen LogP contribution in [0.25, 0.3) is 81.4 Å². The molecule has 0 saturated carbocycles. The maximum Gasteiger partial charge on any atom is 0.159 e. The predicted molar refractivity (Wildman–Crippen MR) is 202 cm³/mol. The van der Waals surface area contributed by atoms with E-state index in [4.69, 9.17) is 9.97 Å². The van der Waals surface area contributed by atoms with E-state index in [1.807, 2.05) is 11.3 Å². The minimum Gasteiger partial charge on any atom is -0.308 e. The largest absolute Gasteiger partial charge is 0.308 e. The Labute approximate surface area is 277 Å². The van der Waals surface area contributed by atoms with E-state index in [1.165, 1.54) is 63.6 Å². The lowest BCUT2D eigenvalue weighted by Crippen LogP contribution is -2.50. The van der Waals surface area contributed by atoms with E-state index in [0.29, 0.717) is 0 Å². The lowest BCUT2D eigenvalue weighted by molar-refractivity contribution is 1.18. The monoisotopic (exact) mass is 635 g/mol. The molecule has 9 aromatic rings. The highest BCUT2D eigenvalue weighted by atomic mass is 32.1. The molecule has 0 saturated heterocycles. The Hall–Kier alpha value is -5.36. The first-order valence-electron chi connectivity index (χ1n) is 16.1. The van der Waals surface area contributed by atoms with Crippen LogP contribution in [0.1, 0.15) is 0 Å². The minimum atomic E-state index is -2.02. The number of rotatable bonds is 3. The summed E-state index contributed by atoms with van der Waals surface area (Å²) < 4.78 is 5.08. The molecule has 0 unspecified atom stereocenters. The summed E-state index contributed by atoms with van der Waals surface area (Å²) in [6.07, 6.45) is 0. The summed E-state index contributed by atoms with van der Waals surface area (Å²) in [6.45, 7) is 4.84. The highest BCUT2D eigenvalue weighted by Gasteiger charge is 2.41. The van der Waals surface area contributed by atoms with Gasteiger partial charge in [-0.05, 0) is 47.1 Å². The van der Waals surface area contributed by atoms with Gasteiger partial charge in [0.15, 0.2) is 5.82 Å². The van der Waals surface area contributed by atoms with Crippen LogP contribution in [0.15, 0.2) is 140 Å². The van der Waals surface area contributed by atoms with Crippen molar-refractivity contribution >= 4 is 71.9 Å². The number of thiophene rings is 1. The van der Waals surface area contributed by atoms with E-state index >= 15 is 0 Å². The quantitative estimate of drug-likeness (QED) is 0.181. The van der Waals surface area contributed by atoms with Gasteiger partial charge in [0.25, 0.3) is 0 Å². The number of benzene rings is 6. The van der Waals surface area contributed by atoms with Gasteiger partial charge in [-0.1, -0.05) is 116 Å². The van der Waals surface area contributed by atoms with Crippen LogP contribution in [0.2, 0.25) is 13.1 Å². The van der Waals surface area contributed by atoms with Gasteiger partial charge in [-0.3, -0.25) is 0 Å². The predicted octanol–water partition coefficient (Wildman–Crippen LogP) is 10.1. The molecule has 222 valence electrons. The smallest absolute Gasteiger partial charge is 0.159 e. The van der Waals surface area contributed by atoms with Gasteiger partial charge < -0.3 is 4.57 Å². The van der Waals surface area contributed by atoms with Gasteiger partial charge in [0.05, 0.1) is 21.4 Å². The summed E-state index contributed by atoms with van der Waals surface area (Å²) in [5, 5.41) is 7.84. The molecule has 6 aromatic carbocycles. The Morgan fingerprint density at radius 1 is 0.574 bits per heavy atom. The van der Waals surface area contributed by atoms with Gasteiger partial charge >= 0.3 is 0 Å². The molecule has 5 heteroatoms. The summed E-state index contributed by atoms with van der Waals surface area (Å²) in [5.74, 6) is 0.789. The molecule has 0 bridgehead atoms. The molecule has 47 heavy (non-hydrogen) atoms. The average molecular weight is 636 g/mol. The van der Waals surface area contributed by atoms with Crippen LogP contribution in [-0.4, -0.2) is 22.6 Å². The first-order chi connectivity index (χ1) is 23.1. The molecule has 0 spiro atoms. The number of hydrogen-bond donors (Lipinski definition) is 0. The van der Waals surface area contributed by atoms with Crippen molar-refractivity contribution in [2.75, 3.05) is 0 Å². The van der Waals surface area contributed by atoms with Gasteiger partial charge in [0.1, 0.15) is 8.07 Å². The Balaban J connectivity index is 1.18. The fourth-order valence-corrected chi connectivity index (χ4v) is 11.9. The molecule has 10 rings (SSSR count). The van der Waals surface area contributed by atoms with E-state index in [0.717, 1.165) is 28.3 Å². The Bertz CT molecular complexity index is 2700. The normalized spacial score (nSPS) is 13.5. The number of aromatic nitrogens is 3. The Kier molecular flexibility index (Phi) is 5.60. The zero-order valence-corrected chi connectivity index (χ0v) is 27.8. The van der Waals surface area contributed by atoms with Crippen LogP contribution >= 0.6 is 11.3 Å². The van der Waals surface area contributed by atoms with Crippen molar-refractivity contribution in [2.24, 2.45) is 0 Å². The minimum absolute atomic E-state index is 0.789. The first kappa shape index (κ1) is 26.8. The molecule has 0 radical (unpaired) electrons. The number of fused-ring (bicyclic) bond motifs is 10. The van der Waals surface area contributed by atoms with Crippen molar-refractivity contribution in [3.8, 4) is 39.5 Å². The fourth-order valence-electron chi connectivity index (χ4n) is 7.73. The molecule has 0 fully saturated rings. The van der Waals surface area contributed by atoms with Crippen molar-refractivity contribution in [1.29, 1.82) is 0 Å². The lowest BCUT2D eigenvalue weighted by atomic mass is 10.0. The van der Waals surface area contributed by atoms with E-state index in [-0.39, 0.29) is 0 Å². The van der Waals surface area contributed by atoms with Crippen molar-refractivity contribution in [2.45, 2.75) is 13.1 Å². The molecule has 3 aromatic heterocycles. The highest BCUT2D eigenvalue weighted by molar-refractivity contribution is 7.26. The zero-order chi connectivity index (χ0) is 31.3. The average Bonchev–Trinajstić information content (AvgIpc) is 3.74. The zero-order valence-electron chi connectivity index (χ0n) is 26.0. The molecule has 3 nitrogen and oxygen atoms in total. The van der Waals surface area contributed by atoms with E-state index < -0.39 is 8.07 Å². The van der Waals surface area contributed by atoms with Gasteiger partial charge in [-0.25, -0.2) is 9.97 Å². The maximum atomic E-state index is 5.38. The number of nitrogens with zero attached hydrogens (tertiary/aromatic N) is 3. The summed E-state index contributed by atoms with van der Waals surface area (Å²) in [4.78, 5) is 10.7. The number of para-hydroxylation sites is 1. The molecule has 1 aliphatic rings. The lowest BCUT2D eigenvalue weighted by Gasteiger charge is -2.19. The SMILES string of the molecule is C[Si]1(C)c2ccccc2-c2c(-c3ccccc3)nc(-c3ccc(-n4c5ccccc5c5ccc6c7ccccc7sc6c54)cc3)nc21. The van der Waals surface area contributed by atoms with Gasteiger partial charge in [0.2, 0.25) is 0 Å². The molecular formula is C42H29N3SSi.